The molecule has 0 atom stereocenters. The second kappa shape index (κ2) is 8.69. The molecule has 1 fully saturated rings. The number of nitrogens with one attached hydrogen (secondary N) is 1. The van der Waals surface area contributed by atoms with Crippen LogP contribution >= 0.6 is 11.6 Å². The first kappa shape index (κ1) is 21.3. The Kier molecular flexibility index (Phi) is 5.98. The molecule has 1 saturated carbocycles. The predicted octanol–water partition coefficient (Wildman–Crippen LogP) is 5.08. The molecule has 0 saturated heterocycles. The van der Waals surface area contributed by atoms with Gasteiger partial charge in [-0.05, 0) is 60.9 Å². The van der Waals surface area contributed by atoms with Crippen molar-refractivity contribution in [3.8, 4) is 0 Å². The summed E-state index contributed by atoms with van der Waals surface area (Å²) in [6.45, 7) is 0.476. The predicted molar refractivity (Wildman–Crippen MR) is 118 cm³/mol. The summed E-state index contributed by atoms with van der Waals surface area (Å²) in [5.41, 5.74) is 1.45. The van der Waals surface area contributed by atoms with Crippen LogP contribution in [0.4, 0.5) is 10.1 Å². The van der Waals surface area contributed by atoms with Gasteiger partial charge in [-0.2, -0.15) is 0 Å². The number of hydrogen-bond donors (Lipinski definition) is 1. The molecule has 3 aromatic rings. The van der Waals surface area contributed by atoms with E-state index in [2.05, 4.69) is 4.72 Å². The molecule has 1 aliphatic rings. The van der Waals surface area contributed by atoms with Gasteiger partial charge < -0.3 is 4.90 Å². The van der Waals surface area contributed by atoms with Gasteiger partial charge in [-0.15, -0.1) is 0 Å². The fourth-order valence-electron chi connectivity index (χ4n) is 3.25. The van der Waals surface area contributed by atoms with Gasteiger partial charge in [0.25, 0.3) is 15.9 Å². The second-order valence-electron chi connectivity index (χ2n) is 7.40. The highest BCUT2D eigenvalue weighted by atomic mass is 35.5. The van der Waals surface area contributed by atoms with Crippen LogP contribution in [-0.2, 0) is 16.6 Å². The third kappa shape index (κ3) is 5.06. The first-order valence-corrected chi connectivity index (χ1v) is 11.6. The van der Waals surface area contributed by atoms with Crippen LogP contribution in [0.2, 0.25) is 5.02 Å². The summed E-state index contributed by atoms with van der Waals surface area (Å²) in [5, 5.41) is 0.156. The van der Waals surface area contributed by atoms with Crippen LogP contribution in [0.15, 0.2) is 77.7 Å². The van der Waals surface area contributed by atoms with E-state index in [1.54, 1.807) is 11.0 Å². The minimum absolute atomic E-state index is 0.0901. The highest BCUT2D eigenvalue weighted by Gasteiger charge is 2.33. The Bertz CT molecular complexity index is 1200. The molecule has 0 heterocycles. The summed E-state index contributed by atoms with van der Waals surface area (Å²) < 4.78 is 40.8. The van der Waals surface area contributed by atoms with Crippen molar-refractivity contribution < 1.29 is 17.6 Å². The molecule has 3 aromatic carbocycles. The van der Waals surface area contributed by atoms with Crippen molar-refractivity contribution in [3.05, 3.63) is 94.8 Å². The first-order valence-electron chi connectivity index (χ1n) is 9.76. The Morgan fingerprint density at radius 1 is 1.03 bits per heavy atom. The number of benzene rings is 3. The minimum Gasteiger partial charge on any atom is -0.331 e. The third-order valence-corrected chi connectivity index (χ3v) is 6.74. The van der Waals surface area contributed by atoms with Gasteiger partial charge in [-0.25, -0.2) is 12.8 Å². The topological polar surface area (TPSA) is 66.5 Å². The summed E-state index contributed by atoms with van der Waals surface area (Å²) in [7, 11) is -3.99. The Morgan fingerprint density at radius 3 is 2.35 bits per heavy atom. The third-order valence-electron chi connectivity index (χ3n) is 5.03. The molecule has 8 heteroatoms. The number of carbonyl (C=O) groups is 1. The monoisotopic (exact) mass is 458 g/mol. The molecule has 1 amide bonds. The molecule has 4 rings (SSSR count). The molecule has 160 valence electrons. The van der Waals surface area contributed by atoms with Crippen LogP contribution in [0.25, 0.3) is 0 Å². The quantitative estimate of drug-likeness (QED) is 0.536. The molecule has 1 aliphatic carbocycles. The van der Waals surface area contributed by atoms with Gasteiger partial charge in [-0.3, -0.25) is 9.52 Å². The maximum atomic E-state index is 13.2. The standard InChI is InChI=1S/C23H20ClFN2O3S/c24-21-13-6-17(14-22(21)26-31(29,30)20-11-7-18(25)8-12-20)23(28)27(19-9-10-19)15-16-4-2-1-3-5-16/h1-8,11-14,19,26H,9-10,15H2. The lowest BCUT2D eigenvalue weighted by Crippen LogP contribution is -2.32. The first-order chi connectivity index (χ1) is 14.8. The van der Waals surface area contributed by atoms with Crippen LogP contribution in [0.5, 0.6) is 0 Å². The summed E-state index contributed by atoms with van der Waals surface area (Å²) in [4.78, 5) is 14.9. The maximum Gasteiger partial charge on any atom is 0.261 e. The zero-order chi connectivity index (χ0) is 22.0. The smallest absolute Gasteiger partial charge is 0.261 e. The number of nitrogens with zero attached hydrogens (tertiary/aromatic N) is 1. The molecule has 0 bridgehead atoms. The van der Waals surface area contributed by atoms with Gasteiger partial charge in [0.15, 0.2) is 0 Å². The second-order valence-corrected chi connectivity index (χ2v) is 9.49. The Labute approximate surface area is 185 Å². The Hall–Kier alpha value is -2.90. The van der Waals surface area contributed by atoms with Crippen molar-refractivity contribution in [1.29, 1.82) is 0 Å². The molecule has 0 radical (unpaired) electrons. The van der Waals surface area contributed by atoms with Crippen molar-refractivity contribution in [2.75, 3.05) is 4.72 Å². The fraction of sp³-hybridized carbons (Fsp3) is 0.174. The minimum atomic E-state index is -3.99. The number of anilines is 1. The van der Waals surface area contributed by atoms with E-state index < -0.39 is 15.8 Å². The van der Waals surface area contributed by atoms with E-state index in [1.165, 1.54) is 12.1 Å². The highest BCUT2D eigenvalue weighted by molar-refractivity contribution is 7.92. The van der Waals surface area contributed by atoms with Crippen molar-refractivity contribution >= 4 is 33.2 Å². The number of carbonyl (C=O) groups excluding carboxylic acids is 1. The highest BCUT2D eigenvalue weighted by Crippen LogP contribution is 2.32. The van der Waals surface area contributed by atoms with E-state index in [0.29, 0.717) is 12.1 Å². The summed E-state index contributed by atoms with van der Waals surface area (Å²) in [6, 6.07) is 18.8. The van der Waals surface area contributed by atoms with E-state index in [-0.39, 0.29) is 27.6 Å². The van der Waals surface area contributed by atoms with E-state index in [9.17, 15) is 17.6 Å². The zero-order valence-corrected chi connectivity index (χ0v) is 18.0. The van der Waals surface area contributed by atoms with Crippen LogP contribution in [0.1, 0.15) is 28.8 Å². The van der Waals surface area contributed by atoms with Crippen LogP contribution in [0, 0.1) is 5.82 Å². The van der Waals surface area contributed by atoms with E-state index >= 15 is 0 Å². The summed E-state index contributed by atoms with van der Waals surface area (Å²) >= 11 is 6.19. The van der Waals surface area contributed by atoms with Gasteiger partial charge in [0.05, 0.1) is 15.6 Å². The van der Waals surface area contributed by atoms with E-state index in [4.69, 9.17) is 11.6 Å². The molecule has 0 aromatic heterocycles. The van der Waals surface area contributed by atoms with Crippen molar-refractivity contribution in [2.24, 2.45) is 0 Å². The molecular formula is C23H20ClFN2O3S. The number of halogens is 2. The number of hydrogen-bond acceptors (Lipinski definition) is 3. The lowest BCUT2D eigenvalue weighted by Gasteiger charge is -2.23. The molecule has 5 nitrogen and oxygen atoms in total. The van der Waals surface area contributed by atoms with Crippen molar-refractivity contribution in [3.63, 3.8) is 0 Å². The van der Waals surface area contributed by atoms with Gasteiger partial charge in [0.2, 0.25) is 0 Å². The molecule has 0 spiro atoms. The van der Waals surface area contributed by atoms with Crippen LogP contribution in [0.3, 0.4) is 0 Å². The normalized spacial score (nSPS) is 13.6. The number of sulfonamides is 1. The lowest BCUT2D eigenvalue weighted by atomic mass is 10.1. The van der Waals surface area contributed by atoms with Gasteiger partial charge in [0.1, 0.15) is 5.82 Å². The zero-order valence-electron chi connectivity index (χ0n) is 16.5. The largest absolute Gasteiger partial charge is 0.331 e. The average molecular weight is 459 g/mol. The fourth-order valence-corrected chi connectivity index (χ4v) is 4.54. The molecule has 0 unspecified atom stereocenters. The van der Waals surface area contributed by atoms with Crippen molar-refractivity contribution in [1.82, 2.24) is 4.90 Å². The molecule has 0 aliphatic heterocycles. The van der Waals surface area contributed by atoms with Crippen LogP contribution in [-0.4, -0.2) is 25.3 Å². The average Bonchev–Trinajstić information content (AvgIpc) is 3.59. The van der Waals surface area contributed by atoms with Crippen molar-refractivity contribution in [2.45, 2.75) is 30.3 Å². The molecular weight excluding hydrogens is 439 g/mol. The van der Waals surface area contributed by atoms with E-state index in [0.717, 1.165) is 42.7 Å². The Balaban J connectivity index is 1.59. The Morgan fingerprint density at radius 2 is 1.71 bits per heavy atom. The van der Waals surface area contributed by atoms with Gasteiger partial charge in [-0.1, -0.05) is 41.9 Å². The number of amides is 1. The van der Waals surface area contributed by atoms with Gasteiger partial charge >= 0.3 is 0 Å². The van der Waals surface area contributed by atoms with Crippen LogP contribution < -0.4 is 4.72 Å². The number of rotatable bonds is 7. The van der Waals surface area contributed by atoms with E-state index in [1.807, 2.05) is 30.3 Å². The summed E-state index contributed by atoms with van der Waals surface area (Å²) in [5.74, 6) is -0.728. The SMILES string of the molecule is O=C(c1ccc(Cl)c(NS(=O)(=O)c2ccc(F)cc2)c1)N(Cc1ccccc1)C1CC1. The summed E-state index contributed by atoms with van der Waals surface area (Å²) in [6.07, 6.45) is 1.88. The molecule has 31 heavy (non-hydrogen) atoms. The maximum absolute atomic E-state index is 13.2. The lowest BCUT2D eigenvalue weighted by molar-refractivity contribution is 0.0730. The molecule has 1 N–H and O–H groups in total. The van der Waals surface area contributed by atoms with Gasteiger partial charge in [0, 0.05) is 18.2 Å².